The third kappa shape index (κ3) is 2.25. The van der Waals surface area contributed by atoms with Crippen LogP contribution in [-0.2, 0) is 0 Å². The van der Waals surface area contributed by atoms with E-state index in [0.29, 0.717) is 0 Å². The molecule has 0 amide bonds. The lowest BCUT2D eigenvalue weighted by Crippen LogP contribution is -1.91. The SMILES string of the molecule is Cc1cc(Oc2ccc(N)cc2)ccc1N. The molecular formula is C13H14N2O. The molecule has 0 bridgehead atoms. The summed E-state index contributed by atoms with van der Waals surface area (Å²) in [5, 5.41) is 0. The van der Waals surface area contributed by atoms with Crippen molar-refractivity contribution in [2.45, 2.75) is 6.92 Å². The van der Waals surface area contributed by atoms with Crippen LogP contribution in [0.25, 0.3) is 0 Å². The van der Waals surface area contributed by atoms with E-state index >= 15 is 0 Å². The van der Waals surface area contributed by atoms with Gasteiger partial charge in [-0.1, -0.05) is 0 Å². The third-order valence-corrected chi connectivity index (χ3v) is 2.36. The molecule has 0 atom stereocenters. The van der Waals surface area contributed by atoms with Crippen molar-refractivity contribution in [2.75, 3.05) is 11.5 Å². The Morgan fingerprint density at radius 3 is 2.12 bits per heavy atom. The molecule has 82 valence electrons. The highest BCUT2D eigenvalue weighted by atomic mass is 16.5. The Hall–Kier alpha value is -2.16. The molecule has 3 nitrogen and oxygen atoms in total. The highest BCUT2D eigenvalue weighted by Gasteiger charge is 1.99. The fourth-order valence-corrected chi connectivity index (χ4v) is 1.38. The lowest BCUT2D eigenvalue weighted by Gasteiger charge is -2.07. The van der Waals surface area contributed by atoms with E-state index in [9.17, 15) is 0 Å². The summed E-state index contributed by atoms with van der Waals surface area (Å²) < 4.78 is 5.66. The summed E-state index contributed by atoms with van der Waals surface area (Å²) in [6.45, 7) is 1.95. The van der Waals surface area contributed by atoms with Crippen LogP contribution >= 0.6 is 0 Å². The lowest BCUT2D eigenvalue weighted by atomic mass is 10.2. The minimum absolute atomic E-state index is 0.723. The molecular weight excluding hydrogens is 200 g/mol. The molecule has 16 heavy (non-hydrogen) atoms. The predicted molar refractivity (Wildman–Crippen MR) is 66.5 cm³/mol. The molecule has 0 aliphatic heterocycles. The second-order valence-corrected chi connectivity index (χ2v) is 3.69. The van der Waals surface area contributed by atoms with E-state index in [-0.39, 0.29) is 0 Å². The van der Waals surface area contributed by atoms with Gasteiger partial charge in [-0.05, 0) is 55.0 Å². The van der Waals surface area contributed by atoms with Crippen LogP contribution in [0.15, 0.2) is 42.5 Å². The molecule has 4 N–H and O–H groups in total. The van der Waals surface area contributed by atoms with Crippen molar-refractivity contribution in [1.29, 1.82) is 0 Å². The smallest absolute Gasteiger partial charge is 0.127 e. The highest BCUT2D eigenvalue weighted by molar-refractivity contribution is 5.50. The molecule has 0 aliphatic rings. The second kappa shape index (κ2) is 4.14. The van der Waals surface area contributed by atoms with Gasteiger partial charge in [0, 0.05) is 11.4 Å². The van der Waals surface area contributed by atoms with Crippen molar-refractivity contribution in [1.82, 2.24) is 0 Å². The third-order valence-electron chi connectivity index (χ3n) is 2.36. The van der Waals surface area contributed by atoms with Gasteiger partial charge in [-0.3, -0.25) is 0 Å². The minimum Gasteiger partial charge on any atom is -0.457 e. The standard InChI is InChI=1S/C13H14N2O/c1-9-8-12(6-7-13(9)15)16-11-4-2-10(14)3-5-11/h2-8H,14-15H2,1H3. The van der Waals surface area contributed by atoms with E-state index < -0.39 is 0 Å². The van der Waals surface area contributed by atoms with Gasteiger partial charge < -0.3 is 16.2 Å². The predicted octanol–water partition coefficient (Wildman–Crippen LogP) is 2.95. The molecule has 0 fully saturated rings. The summed E-state index contributed by atoms with van der Waals surface area (Å²) >= 11 is 0. The van der Waals surface area contributed by atoms with Crippen LogP contribution in [0, 0.1) is 6.92 Å². The maximum Gasteiger partial charge on any atom is 0.127 e. The summed E-state index contributed by atoms with van der Waals surface area (Å²) in [5.41, 5.74) is 13.8. The van der Waals surface area contributed by atoms with E-state index in [1.54, 1.807) is 12.1 Å². The molecule has 0 saturated carbocycles. The zero-order chi connectivity index (χ0) is 11.5. The summed E-state index contributed by atoms with van der Waals surface area (Å²) in [4.78, 5) is 0. The van der Waals surface area contributed by atoms with Crippen LogP contribution in [0.1, 0.15) is 5.56 Å². The fraction of sp³-hybridized carbons (Fsp3) is 0.0769. The Labute approximate surface area is 94.6 Å². The molecule has 0 unspecified atom stereocenters. The molecule has 0 radical (unpaired) electrons. The Morgan fingerprint density at radius 2 is 1.50 bits per heavy atom. The van der Waals surface area contributed by atoms with Gasteiger partial charge in [-0.15, -0.1) is 0 Å². The minimum atomic E-state index is 0.723. The van der Waals surface area contributed by atoms with Crippen molar-refractivity contribution in [3.05, 3.63) is 48.0 Å². The molecule has 0 aliphatic carbocycles. The van der Waals surface area contributed by atoms with Crippen molar-refractivity contribution < 1.29 is 4.74 Å². The first-order chi connectivity index (χ1) is 7.65. The Morgan fingerprint density at radius 1 is 0.875 bits per heavy atom. The van der Waals surface area contributed by atoms with Gasteiger partial charge in [0.25, 0.3) is 0 Å². The summed E-state index contributed by atoms with van der Waals surface area (Å²) in [6.07, 6.45) is 0. The lowest BCUT2D eigenvalue weighted by molar-refractivity contribution is 0.482. The highest BCUT2D eigenvalue weighted by Crippen LogP contribution is 2.25. The average Bonchev–Trinajstić information content (AvgIpc) is 2.27. The monoisotopic (exact) mass is 214 g/mol. The van der Waals surface area contributed by atoms with Crippen molar-refractivity contribution in [2.24, 2.45) is 0 Å². The van der Waals surface area contributed by atoms with E-state index in [1.165, 1.54) is 0 Å². The van der Waals surface area contributed by atoms with Crippen molar-refractivity contribution >= 4 is 11.4 Å². The number of ether oxygens (including phenoxy) is 1. The maximum absolute atomic E-state index is 5.73. The van der Waals surface area contributed by atoms with Gasteiger partial charge in [0.05, 0.1) is 0 Å². The van der Waals surface area contributed by atoms with Crippen LogP contribution in [0.5, 0.6) is 11.5 Å². The Bertz CT molecular complexity index is 492. The number of rotatable bonds is 2. The molecule has 0 aromatic heterocycles. The van der Waals surface area contributed by atoms with E-state index in [4.69, 9.17) is 16.2 Å². The van der Waals surface area contributed by atoms with Crippen LogP contribution in [-0.4, -0.2) is 0 Å². The molecule has 2 aromatic carbocycles. The number of hydrogen-bond donors (Lipinski definition) is 2. The fourth-order valence-electron chi connectivity index (χ4n) is 1.38. The van der Waals surface area contributed by atoms with Gasteiger partial charge in [-0.25, -0.2) is 0 Å². The number of nitrogen functional groups attached to an aromatic ring is 2. The van der Waals surface area contributed by atoms with Crippen molar-refractivity contribution in [3.63, 3.8) is 0 Å². The number of benzene rings is 2. The van der Waals surface area contributed by atoms with Crippen LogP contribution in [0.3, 0.4) is 0 Å². The molecule has 3 heteroatoms. The first-order valence-electron chi connectivity index (χ1n) is 5.04. The summed E-state index contributed by atoms with van der Waals surface area (Å²) in [7, 11) is 0. The molecule has 0 spiro atoms. The van der Waals surface area contributed by atoms with E-state index in [1.807, 2.05) is 37.3 Å². The topological polar surface area (TPSA) is 61.3 Å². The van der Waals surface area contributed by atoms with Gasteiger partial charge in [0.15, 0.2) is 0 Å². The molecule has 2 aromatic rings. The van der Waals surface area contributed by atoms with Gasteiger partial charge in [-0.2, -0.15) is 0 Å². The van der Waals surface area contributed by atoms with E-state index in [0.717, 1.165) is 28.4 Å². The van der Waals surface area contributed by atoms with E-state index in [2.05, 4.69) is 0 Å². The zero-order valence-electron chi connectivity index (χ0n) is 9.10. The van der Waals surface area contributed by atoms with Crippen LogP contribution in [0.2, 0.25) is 0 Å². The van der Waals surface area contributed by atoms with Gasteiger partial charge >= 0.3 is 0 Å². The number of aryl methyl sites for hydroxylation is 1. The average molecular weight is 214 g/mol. The number of nitrogens with two attached hydrogens (primary N) is 2. The van der Waals surface area contributed by atoms with Gasteiger partial charge in [0.2, 0.25) is 0 Å². The normalized spacial score (nSPS) is 10.1. The molecule has 0 heterocycles. The quantitative estimate of drug-likeness (QED) is 0.755. The van der Waals surface area contributed by atoms with Gasteiger partial charge in [0.1, 0.15) is 11.5 Å². The Balaban J connectivity index is 2.20. The Kier molecular flexibility index (Phi) is 2.68. The second-order valence-electron chi connectivity index (χ2n) is 3.69. The van der Waals surface area contributed by atoms with Crippen LogP contribution in [0.4, 0.5) is 11.4 Å². The first-order valence-corrected chi connectivity index (χ1v) is 5.04. The largest absolute Gasteiger partial charge is 0.457 e. The van der Waals surface area contributed by atoms with Crippen molar-refractivity contribution in [3.8, 4) is 11.5 Å². The number of anilines is 2. The first kappa shape index (κ1) is 10.4. The van der Waals surface area contributed by atoms with Crippen LogP contribution < -0.4 is 16.2 Å². The molecule has 2 rings (SSSR count). The number of hydrogen-bond acceptors (Lipinski definition) is 3. The summed E-state index contributed by atoms with van der Waals surface area (Å²) in [6, 6.07) is 12.9. The molecule has 0 saturated heterocycles. The summed E-state index contributed by atoms with van der Waals surface area (Å²) in [5.74, 6) is 1.54. The zero-order valence-corrected chi connectivity index (χ0v) is 9.10. The maximum atomic E-state index is 5.73.